The number of fused-ring (bicyclic) bond motifs is 1. The third-order valence-electron chi connectivity index (χ3n) is 3.67. The van der Waals surface area contributed by atoms with Crippen molar-refractivity contribution < 1.29 is 14.2 Å². The van der Waals surface area contributed by atoms with Crippen LogP contribution in [0, 0.1) is 11.3 Å². The first kappa shape index (κ1) is 16.8. The predicted octanol–water partition coefficient (Wildman–Crippen LogP) is 4.39. The first-order valence-corrected chi connectivity index (χ1v) is 8.29. The summed E-state index contributed by atoms with van der Waals surface area (Å²) in [6, 6.07) is 13.6. The molecule has 0 fully saturated rings. The lowest BCUT2D eigenvalue weighted by Gasteiger charge is -2.13. The Bertz CT molecular complexity index is 928. The Balaban J connectivity index is 2.10. The van der Waals surface area contributed by atoms with Crippen LogP contribution in [-0.4, -0.2) is 26.3 Å². The third-order valence-corrected chi connectivity index (χ3v) is 4.66. The number of nitriles is 1. The Kier molecular flexibility index (Phi) is 4.87. The van der Waals surface area contributed by atoms with Gasteiger partial charge >= 0.3 is 0 Å². The van der Waals surface area contributed by atoms with Crippen LogP contribution in [-0.2, 0) is 0 Å². The largest absolute Gasteiger partial charge is 0.493 e. The Morgan fingerprint density at radius 3 is 2.32 bits per heavy atom. The average Bonchev–Trinajstić information content (AvgIpc) is 3.07. The second kappa shape index (κ2) is 7.24. The van der Waals surface area contributed by atoms with Crippen LogP contribution in [0.15, 0.2) is 36.4 Å². The molecule has 1 aromatic heterocycles. The van der Waals surface area contributed by atoms with E-state index in [-0.39, 0.29) is 0 Å². The zero-order valence-electron chi connectivity index (χ0n) is 14.1. The molecule has 0 saturated heterocycles. The number of aromatic nitrogens is 1. The summed E-state index contributed by atoms with van der Waals surface area (Å²) >= 11 is 1.54. The minimum Gasteiger partial charge on any atom is -0.493 e. The average molecular weight is 352 g/mol. The highest BCUT2D eigenvalue weighted by atomic mass is 32.1. The summed E-state index contributed by atoms with van der Waals surface area (Å²) in [5.74, 6) is 1.50. The van der Waals surface area contributed by atoms with Gasteiger partial charge in [0.25, 0.3) is 0 Å². The zero-order valence-corrected chi connectivity index (χ0v) is 14.9. The molecule has 0 unspecified atom stereocenters. The number of benzene rings is 2. The first-order valence-electron chi connectivity index (χ1n) is 7.48. The fourth-order valence-corrected chi connectivity index (χ4v) is 3.40. The summed E-state index contributed by atoms with van der Waals surface area (Å²) in [5.41, 5.74) is 2.07. The van der Waals surface area contributed by atoms with E-state index in [4.69, 9.17) is 14.2 Å². The molecule has 126 valence electrons. The second-order valence-electron chi connectivity index (χ2n) is 5.10. The van der Waals surface area contributed by atoms with Crippen LogP contribution in [0.3, 0.4) is 0 Å². The first-order chi connectivity index (χ1) is 12.2. The van der Waals surface area contributed by atoms with E-state index in [2.05, 4.69) is 11.1 Å². The van der Waals surface area contributed by atoms with Crippen LogP contribution in [0.1, 0.15) is 10.6 Å². The monoisotopic (exact) mass is 352 g/mol. The van der Waals surface area contributed by atoms with Gasteiger partial charge in [0, 0.05) is 0 Å². The molecule has 0 radical (unpaired) electrons. The summed E-state index contributed by atoms with van der Waals surface area (Å²) in [4.78, 5) is 4.55. The highest BCUT2D eigenvalue weighted by molar-refractivity contribution is 7.19. The molecule has 0 aliphatic heterocycles. The number of allylic oxidation sites excluding steroid dienone is 1. The molecule has 0 atom stereocenters. The van der Waals surface area contributed by atoms with E-state index in [1.165, 1.54) is 11.3 Å². The number of rotatable bonds is 5. The molecular formula is C19H16N2O3S. The van der Waals surface area contributed by atoms with E-state index in [9.17, 15) is 5.26 Å². The van der Waals surface area contributed by atoms with Gasteiger partial charge in [-0.15, -0.1) is 11.3 Å². The lowest BCUT2D eigenvalue weighted by Crippen LogP contribution is -1.96. The molecule has 5 nitrogen and oxygen atoms in total. The fraction of sp³-hybridized carbons (Fsp3) is 0.158. The SMILES string of the molecule is COc1cc(/C(C#N)=C/c2nc3ccccc3s2)cc(OC)c1OC. The van der Waals surface area contributed by atoms with Crippen molar-refractivity contribution in [1.82, 2.24) is 4.98 Å². The molecule has 6 heteroatoms. The summed E-state index contributed by atoms with van der Waals surface area (Å²) in [6.07, 6.45) is 1.77. The lowest BCUT2D eigenvalue weighted by molar-refractivity contribution is 0.324. The topological polar surface area (TPSA) is 64.4 Å². The Hall–Kier alpha value is -3.04. The van der Waals surface area contributed by atoms with E-state index >= 15 is 0 Å². The van der Waals surface area contributed by atoms with E-state index in [0.29, 0.717) is 28.4 Å². The van der Waals surface area contributed by atoms with E-state index < -0.39 is 0 Å². The molecule has 2 aromatic carbocycles. The van der Waals surface area contributed by atoms with Crippen molar-refractivity contribution in [2.45, 2.75) is 0 Å². The van der Waals surface area contributed by atoms with Crippen molar-refractivity contribution in [3.8, 4) is 23.3 Å². The molecule has 1 heterocycles. The standard InChI is InChI=1S/C19H16N2O3S/c1-22-15-8-12(9-16(23-2)19(15)24-3)13(11-20)10-18-21-14-6-4-5-7-17(14)25-18/h4-10H,1-3H3/b13-10+. The summed E-state index contributed by atoms with van der Waals surface area (Å²) in [6.45, 7) is 0. The minimum atomic E-state index is 0.471. The number of para-hydroxylation sites is 1. The molecule has 0 N–H and O–H groups in total. The third kappa shape index (κ3) is 3.28. The molecule has 3 aromatic rings. The van der Waals surface area contributed by atoms with Gasteiger partial charge in [0.15, 0.2) is 11.5 Å². The second-order valence-corrected chi connectivity index (χ2v) is 6.17. The van der Waals surface area contributed by atoms with Crippen LogP contribution in [0.25, 0.3) is 21.9 Å². The van der Waals surface area contributed by atoms with Gasteiger partial charge in [0.2, 0.25) is 5.75 Å². The van der Waals surface area contributed by atoms with Crippen molar-refractivity contribution in [1.29, 1.82) is 5.26 Å². The molecule has 0 spiro atoms. The van der Waals surface area contributed by atoms with E-state index in [1.54, 1.807) is 39.5 Å². The van der Waals surface area contributed by atoms with Gasteiger partial charge in [-0.05, 0) is 35.9 Å². The predicted molar refractivity (Wildman–Crippen MR) is 99.2 cm³/mol. The highest BCUT2D eigenvalue weighted by Gasteiger charge is 2.15. The van der Waals surface area contributed by atoms with Crippen molar-refractivity contribution in [2.24, 2.45) is 0 Å². The quantitative estimate of drug-likeness (QED) is 0.637. The highest BCUT2D eigenvalue weighted by Crippen LogP contribution is 2.40. The normalized spacial score (nSPS) is 11.2. The maximum absolute atomic E-state index is 9.62. The lowest BCUT2D eigenvalue weighted by atomic mass is 10.1. The van der Waals surface area contributed by atoms with Crippen LogP contribution >= 0.6 is 11.3 Å². The van der Waals surface area contributed by atoms with E-state index in [1.807, 2.05) is 24.3 Å². The van der Waals surface area contributed by atoms with Gasteiger partial charge in [0.1, 0.15) is 5.01 Å². The molecule has 25 heavy (non-hydrogen) atoms. The van der Waals surface area contributed by atoms with Crippen LogP contribution < -0.4 is 14.2 Å². The summed E-state index contributed by atoms with van der Waals surface area (Å²) in [7, 11) is 4.64. The maximum Gasteiger partial charge on any atom is 0.203 e. The fourth-order valence-electron chi connectivity index (χ4n) is 2.49. The number of hydrogen-bond acceptors (Lipinski definition) is 6. The maximum atomic E-state index is 9.62. The van der Waals surface area contributed by atoms with Gasteiger partial charge in [-0.25, -0.2) is 4.98 Å². The Morgan fingerprint density at radius 1 is 1.08 bits per heavy atom. The van der Waals surface area contributed by atoms with Crippen LogP contribution in [0.4, 0.5) is 0 Å². The number of methoxy groups -OCH3 is 3. The number of hydrogen-bond donors (Lipinski definition) is 0. The van der Waals surface area contributed by atoms with E-state index in [0.717, 1.165) is 15.2 Å². The minimum absolute atomic E-state index is 0.471. The van der Waals surface area contributed by atoms with Gasteiger partial charge in [-0.2, -0.15) is 5.26 Å². The van der Waals surface area contributed by atoms with Crippen molar-refractivity contribution >= 4 is 33.2 Å². The van der Waals surface area contributed by atoms with Crippen molar-refractivity contribution in [2.75, 3.05) is 21.3 Å². The van der Waals surface area contributed by atoms with Crippen LogP contribution in [0.5, 0.6) is 17.2 Å². The van der Waals surface area contributed by atoms with Gasteiger partial charge in [0.05, 0.1) is 43.2 Å². The molecule has 0 amide bonds. The van der Waals surface area contributed by atoms with Gasteiger partial charge in [-0.3, -0.25) is 0 Å². The molecule has 3 rings (SSSR count). The number of ether oxygens (including phenoxy) is 3. The Labute approximate surface area is 149 Å². The van der Waals surface area contributed by atoms with Crippen molar-refractivity contribution in [3.63, 3.8) is 0 Å². The van der Waals surface area contributed by atoms with Gasteiger partial charge < -0.3 is 14.2 Å². The summed E-state index contributed by atoms with van der Waals surface area (Å²) < 4.78 is 17.1. The number of thiazole rings is 1. The van der Waals surface area contributed by atoms with Gasteiger partial charge in [-0.1, -0.05) is 12.1 Å². The van der Waals surface area contributed by atoms with Crippen molar-refractivity contribution in [3.05, 3.63) is 47.0 Å². The molecule has 0 saturated carbocycles. The number of nitrogens with zero attached hydrogens (tertiary/aromatic N) is 2. The van der Waals surface area contributed by atoms with Crippen LogP contribution in [0.2, 0.25) is 0 Å². The zero-order chi connectivity index (χ0) is 17.8. The molecular weight excluding hydrogens is 336 g/mol. The molecule has 0 bridgehead atoms. The smallest absolute Gasteiger partial charge is 0.203 e. The molecule has 0 aliphatic rings. The molecule has 0 aliphatic carbocycles. The Morgan fingerprint density at radius 2 is 1.76 bits per heavy atom. The summed E-state index contributed by atoms with van der Waals surface area (Å²) in [5, 5.41) is 10.4.